The summed E-state index contributed by atoms with van der Waals surface area (Å²) in [5.41, 5.74) is 7.75. The Morgan fingerprint density at radius 2 is 2.17 bits per heavy atom. The first kappa shape index (κ1) is 12.9. The molecule has 1 unspecified atom stereocenters. The number of carbonyl (C=O) groups excluding carboxylic acids is 1. The molecule has 4 nitrogen and oxygen atoms in total. The number of hydrogen-bond acceptors (Lipinski definition) is 3. The Labute approximate surface area is 108 Å². The number of rotatable bonds is 4. The molecule has 1 aliphatic heterocycles. The molecule has 1 aromatic rings. The minimum atomic E-state index is -0.553. The van der Waals surface area contributed by atoms with E-state index in [1.807, 2.05) is 18.2 Å². The Kier molecular flexibility index (Phi) is 3.57. The molecule has 2 rings (SSSR count). The summed E-state index contributed by atoms with van der Waals surface area (Å²) in [5, 5.41) is 0. The molecule has 1 amide bonds. The summed E-state index contributed by atoms with van der Waals surface area (Å²) in [4.78, 5) is 13.9. The quantitative estimate of drug-likeness (QED) is 0.887. The fourth-order valence-electron chi connectivity index (χ4n) is 2.19. The van der Waals surface area contributed by atoms with Crippen molar-refractivity contribution in [3.63, 3.8) is 0 Å². The maximum atomic E-state index is 12.1. The van der Waals surface area contributed by atoms with Crippen LogP contribution in [0.4, 0.5) is 5.69 Å². The molecule has 1 atom stereocenters. The highest BCUT2D eigenvalue weighted by Crippen LogP contribution is 2.37. The van der Waals surface area contributed by atoms with E-state index in [4.69, 9.17) is 10.5 Å². The average Bonchev–Trinajstić information content (AvgIpc) is 2.59. The number of nitrogens with two attached hydrogens (primary N) is 1. The molecule has 1 aromatic carbocycles. The Morgan fingerprint density at radius 1 is 1.44 bits per heavy atom. The molecule has 1 aliphatic rings. The second kappa shape index (κ2) is 4.98. The summed E-state index contributed by atoms with van der Waals surface area (Å²) in [6.45, 7) is 5.02. The van der Waals surface area contributed by atoms with Crippen LogP contribution in [0, 0.1) is 5.92 Å². The average molecular weight is 248 g/mol. The highest BCUT2D eigenvalue weighted by molar-refractivity contribution is 6.04. The fourth-order valence-corrected chi connectivity index (χ4v) is 2.19. The zero-order chi connectivity index (χ0) is 13.3. The van der Waals surface area contributed by atoms with E-state index in [0.29, 0.717) is 5.92 Å². The summed E-state index contributed by atoms with van der Waals surface area (Å²) >= 11 is 0. The zero-order valence-corrected chi connectivity index (χ0v) is 11.1. The maximum absolute atomic E-state index is 12.1. The van der Waals surface area contributed by atoms with Gasteiger partial charge >= 0.3 is 0 Å². The summed E-state index contributed by atoms with van der Waals surface area (Å²) in [6.07, 6.45) is 0.976. The van der Waals surface area contributed by atoms with Gasteiger partial charge in [0.05, 0.1) is 7.11 Å². The van der Waals surface area contributed by atoms with Gasteiger partial charge in [-0.15, -0.1) is 0 Å². The Balaban J connectivity index is 2.28. The topological polar surface area (TPSA) is 55.6 Å². The van der Waals surface area contributed by atoms with E-state index in [-0.39, 0.29) is 5.91 Å². The number of carbonyl (C=O) groups is 1. The molecule has 2 N–H and O–H groups in total. The molecule has 18 heavy (non-hydrogen) atoms. The van der Waals surface area contributed by atoms with Gasteiger partial charge in [-0.05, 0) is 30.5 Å². The lowest BCUT2D eigenvalue weighted by molar-refractivity contribution is -0.119. The van der Waals surface area contributed by atoms with Gasteiger partial charge in [0.2, 0.25) is 5.91 Å². The molecule has 0 saturated carbocycles. The number of methoxy groups -OCH3 is 1. The van der Waals surface area contributed by atoms with Crippen LogP contribution < -0.4 is 15.4 Å². The number of benzene rings is 1. The van der Waals surface area contributed by atoms with Gasteiger partial charge < -0.3 is 15.4 Å². The van der Waals surface area contributed by atoms with Crippen LogP contribution >= 0.6 is 0 Å². The number of hydrogen-bond donors (Lipinski definition) is 1. The van der Waals surface area contributed by atoms with E-state index in [0.717, 1.165) is 30.0 Å². The smallest absolute Gasteiger partial charge is 0.248 e. The molecular weight excluding hydrogens is 228 g/mol. The molecule has 4 heteroatoms. The van der Waals surface area contributed by atoms with Crippen molar-refractivity contribution in [2.45, 2.75) is 26.3 Å². The van der Waals surface area contributed by atoms with Crippen LogP contribution in [0.15, 0.2) is 18.2 Å². The molecule has 0 bridgehead atoms. The minimum Gasteiger partial charge on any atom is -0.497 e. The van der Waals surface area contributed by atoms with E-state index < -0.39 is 6.04 Å². The first-order valence-corrected chi connectivity index (χ1v) is 6.29. The number of ether oxygens (including phenoxy) is 1. The molecule has 0 fully saturated rings. The van der Waals surface area contributed by atoms with Crippen LogP contribution in [-0.2, 0) is 4.79 Å². The number of amides is 1. The number of fused-ring (bicyclic) bond motifs is 1. The highest BCUT2D eigenvalue weighted by atomic mass is 16.5. The van der Waals surface area contributed by atoms with Crippen molar-refractivity contribution in [2.24, 2.45) is 11.7 Å². The lowest BCUT2D eigenvalue weighted by Crippen LogP contribution is -2.33. The first-order valence-electron chi connectivity index (χ1n) is 6.29. The van der Waals surface area contributed by atoms with Crippen LogP contribution in [0.1, 0.15) is 31.9 Å². The van der Waals surface area contributed by atoms with Gasteiger partial charge in [-0.1, -0.05) is 13.8 Å². The summed E-state index contributed by atoms with van der Waals surface area (Å²) in [5.74, 6) is 1.29. The van der Waals surface area contributed by atoms with E-state index in [9.17, 15) is 4.79 Å². The third kappa shape index (κ3) is 2.20. The van der Waals surface area contributed by atoms with Gasteiger partial charge in [-0.2, -0.15) is 0 Å². The summed E-state index contributed by atoms with van der Waals surface area (Å²) in [6, 6.07) is 5.08. The number of nitrogens with zero attached hydrogens (tertiary/aromatic N) is 1. The van der Waals surface area contributed by atoms with E-state index in [2.05, 4.69) is 13.8 Å². The standard InChI is InChI=1S/C14H20N2O2/c1-9(2)6-7-16-12-5-4-10(18-3)8-11(12)13(15)14(16)17/h4-5,8-9,13H,6-7,15H2,1-3H3. The zero-order valence-electron chi connectivity index (χ0n) is 11.1. The van der Waals surface area contributed by atoms with Gasteiger partial charge in [0.15, 0.2) is 0 Å². The molecule has 98 valence electrons. The molecule has 1 heterocycles. The summed E-state index contributed by atoms with van der Waals surface area (Å²) in [7, 11) is 1.61. The molecule has 0 radical (unpaired) electrons. The lowest BCUT2D eigenvalue weighted by Gasteiger charge is -2.18. The van der Waals surface area contributed by atoms with Crippen molar-refractivity contribution < 1.29 is 9.53 Å². The third-order valence-corrected chi connectivity index (χ3v) is 3.32. The van der Waals surface area contributed by atoms with E-state index >= 15 is 0 Å². The number of anilines is 1. The van der Waals surface area contributed by atoms with Crippen LogP contribution in [0.5, 0.6) is 5.75 Å². The monoisotopic (exact) mass is 248 g/mol. The van der Waals surface area contributed by atoms with E-state index in [1.54, 1.807) is 12.0 Å². The van der Waals surface area contributed by atoms with Crippen LogP contribution in [0.3, 0.4) is 0 Å². The van der Waals surface area contributed by atoms with Crippen molar-refractivity contribution in [3.05, 3.63) is 23.8 Å². The normalized spacial score (nSPS) is 18.4. The van der Waals surface area contributed by atoms with Crippen LogP contribution in [0.2, 0.25) is 0 Å². The highest BCUT2D eigenvalue weighted by Gasteiger charge is 2.34. The predicted molar refractivity (Wildman–Crippen MR) is 71.7 cm³/mol. The molecule has 0 spiro atoms. The molecular formula is C14H20N2O2. The van der Waals surface area contributed by atoms with Crippen molar-refractivity contribution in [2.75, 3.05) is 18.6 Å². The molecule has 0 saturated heterocycles. The first-order chi connectivity index (χ1) is 8.54. The Morgan fingerprint density at radius 3 is 2.78 bits per heavy atom. The van der Waals surface area contributed by atoms with Gasteiger partial charge in [0.25, 0.3) is 0 Å². The largest absolute Gasteiger partial charge is 0.497 e. The van der Waals surface area contributed by atoms with Crippen LogP contribution in [-0.4, -0.2) is 19.6 Å². The van der Waals surface area contributed by atoms with Crippen LogP contribution in [0.25, 0.3) is 0 Å². The minimum absolute atomic E-state index is 0.0149. The fraction of sp³-hybridized carbons (Fsp3) is 0.500. The van der Waals surface area contributed by atoms with Gasteiger partial charge in [-0.25, -0.2) is 0 Å². The van der Waals surface area contributed by atoms with E-state index in [1.165, 1.54) is 0 Å². The van der Waals surface area contributed by atoms with Crippen molar-refractivity contribution >= 4 is 11.6 Å². The van der Waals surface area contributed by atoms with Crippen molar-refractivity contribution in [1.29, 1.82) is 0 Å². The second-order valence-electron chi connectivity index (χ2n) is 5.07. The van der Waals surface area contributed by atoms with Crippen molar-refractivity contribution in [1.82, 2.24) is 0 Å². The van der Waals surface area contributed by atoms with Crippen molar-refractivity contribution in [3.8, 4) is 5.75 Å². The van der Waals surface area contributed by atoms with Gasteiger partial charge in [0.1, 0.15) is 11.8 Å². The Hall–Kier alpha value is -1.55. The predicted octanol–water partition coefficient (Wildman–Crippen LogP) is 2.09. The third-order valence-electron chi connectivity index (χ3n) is 3.32. The lowest BCUT2D eigenvalue weighted by atomic mass is 10.1. The van der Waals surface area contributed by atoms with Gasteiger partial charge in [0, 0.05) is 17.8 Å². The Bertz CT molecular complexity index is 457. The van der Waals surface area contributed by atoms with Gasteiger partial charge in [-0.3, -0.25) is 4.79 Å². The SMILES string of the molecule is COc1ccc2c(c1)C(N)C(=O)N2CCC(C)C. The maximum Gasteiger partial charge on any atom is 0.248 e. The second-order valence-corrected chi connectivity index (χ2v) is 5.07. The summed E-state index contributed by atoms with van der Waals surface area (Å²) < 4.78 is 5.17. The molecule has 0 aromatic heterocycles. The molecule has 0 aliphatic carbocycles.